The van der Waals surface area contributed by atoms with Gasteiger partial charge in [0.05, 0.1) is 21.3 Å². The van der Waals surface area contributed by atoms with E-state index in [1.807, 2.05) is 13.0 Å². The van der Waals surface area contributed by atoms with Crippen molar-refractivity contribution in [2.45, 2.75) is 66.1 Å². The lowest BCUT2D eigenvalue weighted by Gasteiger charge is -2.40. The van der Waals surface area contributed by atoms with E-state index < -0.39 is 5.21 Å². The van der Waals surface area contributed by atoms with Gasteiger partial charge in [-0.15, -0.1) is 0 Å². The molecule has 2 heterocycles. The summed E-state index contributed by atoms with van der Waals surface area (Å²) in [6.45, 7) is 18.4. The summed E-state index contributed by atoms with van der Waals surface area (Å²) in [4.78, 5) is 4.07. The SMILES string of the molecule is [B]C([B])(c1cc[n+](C(C)CC)c(-c2c(C)ccc3c(C)c(N=C)oc23)c1)C(C)(C)C. The Balaban J connectivity index is 2.41. The highest BCUT2D eigenvalue weighted by Crippen LogP contribution is 2.41. The molecule has 0 saturated carbocycles. The van der Waals surface area contributed by atoms with Crippen LogP contribution < -0.4 is 4.57 Å². The van der Waals surface area contributed by atoms with E-state index in [9.17, 15) is 0 Å². The molecule has 152 valence electrons. The highest BCUT2D eigenvalue weighted by atomic mass is 16.3. The summed E-state index contributed by atoms with van der Waals surface area (Å²) in [5.74, 6) is 0.560. The average molecular weight is 397 g/mol. The maximum atomic E-state index is 6.64. The summed E-state index contributed by atoms with van der Waals surface area (Å²) in [5, 5.41) is 0.0621. The van der Waals surface area contributed by atoms with Gasteiger partial charge in [-0.1, -0.05) is 45.0 Å². The molecule has 0 aliphatic heterocycles. The number of rotatable bonds is 5. The summed E-state index contributed by atoms with van der Waals surface area (Å²) in [6, 6.07) is 8.68. The van der Waals surface area contributed by atoms with Gasteiger partial charge >= 0.3 is 0 Å². The number of hydrogen-bond acceptors (Lipinski definition) is 2. The Hall–Kier alpha value is -2.29. The third-order valence-electron chi connectivity index (χ3n) is 6.46. The van der Waals surface area contributed by atoms with Crippen molar-refractivity contribution in [2.24, 2.45) is 10.4 Å². The number of aryl methyl sites for hydroxylation is 2. The standard InChI is InChI=1S/C25H31B2N2O/c1-9-16(3)29-13-12-18(25(26,27)24(5,6)7)14-20(29)21-15(2)10-11-19-17(4)23(28-8)30-22(19)21/h10-14,16H,8-9H2,1-7H3/q+1. The molecule has 3 aromatic rings. The number of aromatic nitrogens is 1. The minimum atomic E-state index is -0.981. The van der Waals surface area contributed by atoms with Gasteiger partial charge in [-0.25, -0.2) is 4.99 Å². The van der Waals surface area contributed by atoms with Crippen LogP contribution in [0.4, 0.5) is 5.88 Å². The smallest absolute Gasteiger partial charge is 0.222 e. The Bertz CT molecular complexity index is 1110. The normalized spacial score (nSPS) is 13.6. The summed E-state index contributed by atoms with van der Waals surface area (Å²) >= 11 is 0. The molecule has 4 radical (unpaired) electrons. The number of fused-ring (bicyclic) bond motifs is 1. The van der Waals surface area contributed by atoms with Crippen LogP contribution in [-0.2, 0) is 5.21 Å². The highest BCUT2D eigenvalue weighted by molar-refractivity contribution is 6.40. The van der Waals surface area contributed by atoms with Crippen LogP contribution in [0.2, 0.25) is 0 Å². The Labute approximate surface area is 183 Å². The van der Waals surface area contributed by atoms with Gasteiger partial charge in [0.2, 0.25) is 11.6 Å². The van der Waals surface area contributed by atoms with Gasteiger partial charge < -0.3 is 4.42 Å². The number of benzene rings is 1. The molecular formula is C25H31B2N2O+. The predicted molar refractivity (Wildman–Crippen MR) is 128 cm³/mol. The van der Waals surface area contributed by atoms with Crippen LogP contribution in [0.1, 0.15) is 63.8 Å². The van der Waals surface area contributed by atoms with Crippen molar-refractivity contribution in [2.75, 3.05) is 0 Å². The molecule has 1 atom stereocenters. The van der Waals surface area contributed by atoms with Gasteiger partial charge in [0, 0.05) is 29.5 Å². The van der Waals surface area contributed by atoms with Crippen molar-refractivity contribution in [3.05, 3.63) is 47.2 Å². The molecule has 30 heavy (non-hydrogen) atoms. The first kappa shape index (κ1) is 22.4. The van der Waals surface area contributed by atoms with Crippen molar-refractivity contribution in [3.8, 4) is 11.3 Å². The van der Waals surface area contributed by atoms with Crippen LogP contribution in [0, 0.1) is 19.3 Å². The largest absolute Gasteiger partial charge is 0.437 e. The lowest BCUT2D eigenvalue weighted by Crippen LogP contribution is -2.44. The Morgan fingerprint density at radius 2 is 1.83 bits per heavy atom. The summed E-state index contributed by atoms with van der Waals surface area (Å²) in [7, 11) is 13.3. The molecule has 1 unspecified atom stereocenters. The lowest BCUT2D eigenvalue weighted by atomic mass is 9.41. The molecule has 0 saturated heterocycles. The molecule has 0 amide bonds. The molecular weight excluding hydrogens is 366 g/mol. The first-order valence-corrected chi connectivity index (χ1v) is 10.6. The molecule has 0 aliphatic carbocycles. The van der Waals surface area contributed by atoms with E-state index in [1.165, 1.54) is 0 Å². The number of aliphatic imine (C=N–C) groups is 1. The third-order valence-corrected chi connectivity index (χ3v) is 6.46. The second-order valence-corrected chi connectivity index (χ2v) is 9.41. The van der Waals surface area contributed by atoms with Gasteiger partial charge in [0.25, 0.3) is 0 Å². The minimum absolute atomic E-state index is 0.302. The van der Waals surface area contributed by atoms with Gasteiger partial charge in [-0.2, -0.15) is 4.57 Å². The van der Waals surface area contributed by atoms with Crippen LogP contribution in [0.3, 0.4) is 0 Å². The second kappa shape index (κ2) is 7.76. The van der Waals surface area contributed by atoms with E-state index >= 15 is 0 Å². The molecule has 3 nitrogen and oxygen atoms in total. The number of hydrogen-bond donors (Lipinski definition) is 0. The van der Waals surface area contributed by atoms with Crippen molar-refractivity contribution < 1.29 is 8.98 Å². The second-order valence-electron chi connectivity index (χ2n) is 9.41. The Morgan fingerprint density at radius 1 is 1.17 bits per heavy atom. The van der Waals surface area contributed by atoms with E-state index in [-0.39, 0.29) is 5.41 Å². The van der Waals surface area contributed by atoms with Gasteiger partial charge in [-0.3, -0.25) is 0 Å². The topological polar surface area (TPSA) is 29.4 Å². The van der Waals surface area contributed by atoms with Crippen molar-refractivity contribution in [3.63, 3.8) is 0 Å². The van der Waals surface area contributed by atoms with E-state index in [0.29, 0.717) is 11.9 Å². The van der Waals surface area contributed by atoms with Crippen LogP contribution in [-0.4, -0.2) is 22.4 Å². The Kier molecular flexibility index (Phi) is 5.79. The van der Waals surface area contributed by atoms with Crippen LogP contribution in [0.5, 0.6) is 0 Å². The molecule has 0 spiro atoms. The highest BCUT2D eigenvalue weighted by Gasteiger charge is 2.35. The van der Waals surface area contributed by atoms with Crippen LogP contribution >= 0.6 is 0 Å². The zero-order valence-electron chi connectivity index (χ0n) is 19.3. The fraction of sp³-hybridized carbons (Fsp3) is 0.440. The zero-order chi connectivity index (χ0) is 22.4. The molecule has 0 aliphatic rings. The number of furan rings is 1. The predicted octanol–water partition coefficient (Wildman–Crippen LogP) is 5.84. The maximum absolute atomic E-state index is 6.64. The maximum Gasteiger partial charge on any atom is 0.222 e. The molecule has 2 aromatic heterocycles. The molecule has 1 aromatic carbocycles. The van der Waals surface area contributed by atoms with Gasteiger partial charge in [0.1, 0.15) is 0 Å². The molecule has 5 heteroatoms. The van der Waals surface area contributed by atoms with Crippen molar-refractivity contribution >= 4 is 39.3 Å². The quantitative estimate of drug-likeness (QED) is 0.302. The first-order chi connectivity index (χ1) is 13.9. The molecule has 0 N–H and O–H groups in total. The van der Waals surface area contributed by atoms with E-state index in [4.69, 9.17) is 20.1 Å². The van der Waals surface area contributed by atoms with Crippen LogP contribution in [0.25, 0.3) is 22.2 Å². The zero-order valence-corrected chi connectivity index (χ0v) is 19.3. The van der Waals surface area contributed by atoms with Crippen molar-refractivity contribution in [1.29, 1.82) is 0 Å². The third kappa shape index (κ3) is 3.53. The average Bonchev–Trinajstić information content (AvgIpc) is 3.01. The van der Waals surface area contributed by atoms with Crippen molar-refractivity contribution in [1.82, 2.24) is 0 Å². The van der Waals surface area contributed by atoms with E-state index in [2.05, 4.69) is 82.2 Å². The summed E-state index contributed by atoms with van der Waals surface area (Å²) < 4.78 is 8.45. The minimum Gasteiger partial charge on any atom is -0.437 e. The molecule has 0 fully saturated rings. The number of pyridine rings is 1. The van der Waals surface area contributed by atoms with Gasteiger partial charge in [0.15, 0.2) is 17.8 Å². The summed E-state index contributed by atoms with van der Waals surface area (Å²) in [6.07, 6.45) is 3.10. The fourth-order valence-corrected chi connectivity index (χ4v) is 3.82. The molecule has 0 bridgehead atoms. The van der Waals surface area contributed by atoms with E-state index in [1.54, 1.807) is 0 Å². The molecule has 3 rings (SSSR count). The van der Waals surface area contributed by atoms with Gasteiger partial charge in [-0.05, 0) is 44.0 Å². The fourth-order valence-electron chi connectivity index (χ4n) is 3.82. The lowest BCUT2D eigenvalue weighted by molar-refractivity contribution is -0.709. The monoisotopic (exact) mass is 397 g/mol. The Morgan fingerprint density at radius 3 is 2.40 bits per heavy atom. The van der Waals surface area contributed by atoms with Crippen LogP contribution in [0.15, 0.2) is 39.9 Å². The summed E-state index contributed by atoms with van der Waals surface area (Å²) in [5.41, 5.74) is 5.60. The number of nitrogens with zero attached hydrogens (tertiary/aromatic N) is 2. The van der Waals surface area contributed by atoms with E-state index in [0.717, 1.165) is 45.3 Å². The first-order valence-electron chi connectivity index (χ1n) is 10.6.